The summed E-state index contributed by atoms with van der Waals surface area (Å²) in [5.41, 5.74) is 6.68. The zero-order valence-corrected chi connectivity index (χ0v) is 20.3. The van der Waals surface area contributed by atoms with Crippen LogP contribution in [0.3, 0.4) is 0 Å². The van der Waals surface area contributed by atoms with Gasteiger partial charge >= 0.3 is 11.9 Å². The van der Waals surface area contributed by atoms with Gasteiger partial charge in [0.1, 0.15) is 23.9 Å². The minimum atomic E-state index is -1.23. The van der Waals surface area contributed by atoms with Crippen molar-refractivity contribution in [1.29, 1.82) is 0 Å². The molecule has 0 aliphatic carbocycles. The predicted molar refractivity (Wildman–Crippen MR) is 128 cm³/mol. The van der Waals surface area contributed by atoms with Crippen molar-refractivity contribution in [1.82, 2.24) is 15.5 Å². The van der Waals surface area contributed by atoms with Gasteiger partial charge in [0.05, 0.1) is 6.04 Å². The summed E-state index contributed by atoms with van der Waals surface area (Å²) in [6.45, 7) is 3.50. The molecule has 12 nitrogen and oxygen atoms in total. The lowest BCUT2D eigenvalue weighted by molar-refractivity contribution is -0.146. The van der Waals surface area contributed by atoms with E-state index >= 15 is 0 Å². The van der Waals surface area contributed by atoms with Gasteiger partial charge in [0.25, 0.3) is 0 Å². The zero-order chi connectivity index (χ0) is 27.0. The van der Waals surface area contributed by atoms with Crippen LogP contribution in [0, 0.1) is 5.92 Å². The fraction of sp³-hybridized carbons (Fsp3) is 0.542. The van der Waals surface area contributed by atoms with Crippen LogP contribution < -0.4 is 16.4 Å². The van der Waals surface area contributed by atoms with E-state index in [0.717, 1.165) is 0 Å². The van der Waals surface area contributed by atoms with Gasteiger partial charge in [-0.3, -0.25) is 19.2 Å². The van der Waals surface area contributed by atoms with Gasteiger partial charge in [-0.2, -0.15) is 0 Å². The molecule has 12 heteroatoms. The summed E-state index contributed by atoms with van der Waals surface area (Å²) in [6, 6.07) is 1.76. The SMILES string of the molecule is CC(C)C(NC(=O)C1CCCN1C(=O)C(CCC(=O)O)NC(=O)C(N)Cc1ccc(O)cc1)C(=O)O. The Morgan fingerprint density at radius 3 is 2.28 bits per heavy atom. The van der Waals surface area contributed by atoms with E-state index in [2.05, 4.69) is 10.6 Å². The van der Waals surface area contributed by atoms with Gasteiger partial charge in [-0.25, -0.2) is 4.79 Å². The second kappa shape index (κ2) is 12.9. The van der Waals surface area contributed by atoms with Crippen molar-refractivity contribution < 1.29 is 39.3 Å². The normalized spacial score (nSPS) is 17.8. The highest BCUT2D eigenvalue weighted by Crippen LogP contribution is 2.21. The Kier molecular flexibility index (Phi) is 10.2. The molecule has 1 fully saturated rings. The Bertz CT molecular complexity index is 965. The number of hydrogen-bond donors (Lipinski definition) is 6. The molecule has 1 aliphatic heterocycles. The number of nitrogens with two attached hydrogens (primary N) is 1. The van der Waals surface area contributed by atoms with Crippen molar-refractivity contribution in [2.45, 2.75) is 70.1 Å². The number of likely N-dealkylation sites (tertiary alicyclic amines) is 1. The number of carbonyl (C=O) groups excluding carboxylic acids is 3. The van der Waals surface area contributed by atoms with Crippen LogP contribution in [0.15, 0.2) is 24.3 Å². The molecule has 0 aromatic heterocycles. The van der Waals surface area contributed by atoms with Crippen molar-refractivity contribution in [3.63, 3.8) is 0 Å². The minimum Gasteiger partial charge on any atom is -0.508 e. The number of carbonyl (C=O) groups is 5. The third-order valence-corrected chi connectivity index (χ3v) is 6.06. The second-order valence-corrected chi connectivity index (χ2v) is 9.23. The number of carboxylic acids is 2. The van der Waals surface area contributed by atoms with Gasteiger partial charge in [-0.05, 0) is 49.3 Å². The first-order valence-electron chi connectivity index (χ1n) is 11.8. The quantitative estimate of drug-likeness (QED) is 0.223. The number of nitrogens with one attached hydrogen (secondary N) is 2. The lowest BCUT2D eigenvalue weighted by atomic mass is 10.0. The highest BCUT2D eigenvalue weighted by Gasteiger charge is 2.39. The number of nitrogens with zero attached hydrogens (tertiary/aromatic N) is 1. The molecular formula is C24H34N4O8. The van der Waals surface area contributed by atoms with Gasteiger partial charge in [-0.1, -0.05) is 26.0 Å². The fourth-order valence-corrected chi connectivity index (χ4v) is 4.05. The highest BCUT2D eigenvalue weighted by molar-refractivity contribution is 5.94. The first-order chi connectivity index (χ1) is 16.9. The second-order valence-electron chi connectivity index (χ2n) is 9.23. The van der Waals surface area contributed by atoms with E-state index < -0.39 is 60.2 Å². The summed E-state index contributed by atoms with van der Waals surface area (Å²) in [5, 5.41) is 32.9. The summed E-state index contributed by atoms with van der Waals surface area (Å²) in [5.74, 6) is -4.59. The summed E-state index contributed by atoms with van der Waals surface area (Å²) in [6.07, 6.45) is 0.307. The van der Waals surface area contributed by atoms with E-state index in [1.165, 1.54) is 17.0 Å². The largest absolute Gasteiger partial charge is 0.508 e. The number of amides is 3. The maximum absolute atomic E-state index is 13.3. The molecule has 0 saturated carbocycles. The minimum absolute atomic E-state index is 0.0587. The van der Waals surface area contributed by atoms with Crippen LogP contribution >= 0.6 is 0 Å². The van der Waals surface area contributed by atoms with Crippen molar-refractivity contribution in [2.75, 3.05) is 6.54 Å². The highest BCUT2D eigenvalue weighted by atomic mass is 16.4. The Morgan fingerprint density at radius 1 is 1.08 bits per heavy atom. The molecule has 0 radical (unpaired) electrons. The molecule has 36 heavy (non-hydrogen) atoms. The number of phenolic OH excluding ortho intramolecular Hbond substituents is 1. The molecule has 1 aromatic rings. The Hall–Kier alpha value is -3.67. The van der Waals surface area contributed by atoms with E-state index in [0.29, 0.717) is 18.4 Å². The lowest BCUT2D eigenvalue weighted by Crippen LogP contribution is -2.57. The van der Waals surface area contributed by atoms with E-state index in [4.69, 9.17) is 10.8 Å². The van der Waals surface area contributed by atoms with Gasteiger partial charge in [-0.15, -0.1) is 0 Å². The van der Waals surface area contributed by atoms with Crippen molar-refractivity contribution in [3.8, 4) is 5.75 Å². The number of aliphatic carboxylic acids is 2. The molecule has 1 heterocycles. The van der Waals surface area contributed by atoms with Crippen molar-refractivity contribution in [3.05, 3.63) is 29.8 Å². The first kappa shape index (κ1) is 28.6. The molecule has 7 N–H and O–H groups in total. The number of phenols is 1. The Balaban J connectivity index is 2.13. The molecule has 3 amide bonds. The van der Waals surface area contributed by atoms with E-state index in [1.54, 1.807) is 26.0 Å². The molecule has 2 rings (SSSR count). The topological polar surface area (TPSA) is 199 Å². The molecule has 1 aromatic carbocycles. The number of carboxylic acid groups (broad SMARTS) is 2. The van der Waals surface area contributed by atoms with Crippen LogP contribution in [-0.4, -0.2) is 80.6 Å². The molecular weight excluding hydrogens is 472 g/mol. The molecule has 1 aliphatic rings. The molecule has 0 bridgehead atoms. The molecule has 198 valence electrons. The van der Waals surface area contributed by atoms with Gasteiger partial charge in [0.15, 0.2) is 0 Å². The van der Waals surface area contributed by atoms with Crippen LogP contribution in [0.5, 0.6) is 5.75 Å². The van der Waals surface area contributed by atoms with Crippen LogP contribution in [0.2, 0.25) is 0 Å². The maximum atomic E-state index is 13.3. The summed E-state index contributed by atoms with van der Waals surface area (Å²) in [7, 11) is 0. The third kappa shape index (κ3) is 7.94. The third-order valence-electron chi connectivity index (χ3n) is 6.06. The predicted octanol–water partition coefficient (Wildman–Crippen LogP) is -0.172. The summed E-state index contributed by atoms with van der Waals surface area (Å²) in [4.78, 5) is 62.8. The Morgan fingerprint density at radius 2 is 1.72 bits per heavy atom. The standard InChI is InChI=1S/C24H34N4O8/c1-13(2)20(24(35)36)27-22(33)18-4-3-11-28(18)23(34)17(9-10-19(30)31)26-21(32)16(25)12-14-5-7-15(29)8-6-14/h5-8,13,16-18,20,29H,3-4,9-12,25H2,1-2H3,(H,26,32)(H,27,33)(H,30,31)(H,35,36). The van der Waals surface area contributed by atoms with Gasteiger partial charge in [0.2, 0.25) is 17.7 Å². The summed E-state index contributed by atoms with van der Waals surface area (Å²) >= 11 is 0. The van der Waals surface area contributed by atoms with E-state index in [1.807, 2.05) is 0 Å². The van der Waals surface area contributed by atoms with Crippen LogP contribution in [0.1, 0.15) is 45.1 Å². The number of rotatable bonds is 12. The number of hydrogen-bond acceptors (Lipinski definition) is 7. The van der Waals surface area contributed by atoms with E-state index in [-0.39, 0.29) is 31.1 Å². The van der Waals surface area contributed by atoms with Gasteiger partial charge < -0.3 is 36.6 Å². The molecule has 1 saturated heterocycles. The van der Waals surface area contributed by atoms with E-state index in [9.17, 15) is 34.2 Å². The molecule has 0 spiro atoms. The number of aromatic hydroxyl groups is 1. The Labute approximate surface area is 208 Å². The van der Waals surface area contributed by atoms with Crippen LogP contribution in [0.25, 0.3) is 0 Å². The monoisotopic (exact) mass is 506 g/mol. The maximum Gasteiger partial charge on any atom is 0.326 e. The zero-order valence-electron chi connectivity index (χ0n) is 20.3. The number of benzene rings is 1. The van der Waals surface area contributed by atoms with Crippen molar-refractivity contribution in [2.24, 2.45) is 11.7 Å². The average Bonchev–Trinajstić information content (AvgIpc) is 3.30. The van der Waals surface area contributed by atoms with Crippen molar-refractivity contribution >= 4 is 29.7 Å². The average molecular weight is 507 g/mol. The van der Waals surface area contributed by atoms with Crippen LogP contribution in [-0.2, 0) is 30.4 Å². The fourth-order valence-electron chi connectivity index (χ4n) is 4.05. The smallest absolute Gasteiger partial charge is 0.326 e. The molecule has 4 atom stereocenters. The lowest BCUT2D eigenvalue weighted by Gasteiger charge is -2.30. The first-order valence-corrected chi connectivity index (χ1v) is 11.8. The van der Waals surface area contributed by atoms with Crippen LogP contribution in [0.4, 0.5) is 0 Å². The van der Waals surface area contributed by atoms with Gasteiger partial charge in [0, 0.05) is 13.0 Å². The summed E-state index contributed by atoms with van der Waals surface area (Å²) < 4.78 is 0. The molecule has 4 unspecified atom stereocenters.